The first-order valence-corrected chi connectivity index (χ1v) is 1.28. The van der Waals surface area contributed by atoms with Gasteiger partial charge >= 0.3 is 8.69 Å². The fourth-order valence-corrected chi connectivity index (χ4v) is 0. The number of hydrogen-bond donors (Lipinski definition) is 1. The topological polar surface area (TPSA) is 37.3 Å². The highest BCUT2D eigenvalue weighted by molar-refractivity contribution is 8.93. The lowest BCUT2D eigenvalue weighted by molar-refractivity contribution is 0.524. The van der Waals surface area contributed by atoms with Crippen LogP contribution in [0.4, 0.5) is 0 Å². The van der Waals surface area contributed by atoms with Gasteiger partial charge in [-0.15, -0.1) is 17.0 Å². The van der Waals surface area contributed by atoms with Crippen molar-refractivity contribution in [2.45, 2.75) is 0 Å². The Labute approximate surface area is 35.9 Å². The molecular formula is H3BrO2P+. The number of halogens is 1. The van der Waals surface area contributed by atoms with Crippen LogP contribution in [0, 0.1) is 0 Å². The van der Waals surface area contributed by atoms with E-state index in [1.807, 2.05) is 0 Å². The van der Waals surface area contributed by atoms with E-state index in [9.17, 15) is 0 Å². The SMILES string of the molecule is Br.O=[PH+]O. The predicted molar refractivity (Wildman–Crippen MR) is 21.5 cm³/mol. The number of hydrogen-bond acceptors (Lipinski definition) is 1. The van der Waals surface area contributed by atoms with Crippen LogP contribution in [0.1, 0.15) is 0 Å². The zero-order valence-corrected chi connectivity index (χ0v) is 4.48. The highest BCUT2D eigenvalue weighted by Crippen LogP contribution is 1.66. The third-order valence-electron chi connectivity index (χ3n) is 0. The molecule has 1 unspecified atom stereocenters. The van der Waals surface area contributed by atoms with Crippen LogP contribution in [-0.2, 0) is 4.57 Å². The fourth-order valence-electron chi connectivity index (χ4n) is 0. The van der Waals surface area contributed by atoms with E-state index in [0.29, 0.717) is 0 Å². The average molecular weight is 146 g/mol. The summed E-state index contributed by atoms with van der Waals surface area (Å²) in [7, 11) is -1.17. The first-order chi connectivity index (χ1) is 1.41. The molecule has 0 aromatic carbocycles. The van der Waals surface area contributed by atoms with E-state index in [1.165, 1.54) is 0 Å². The smallest absolute Gasteiger partial charge is 0.162 e. The molecule has 0 rings (SSSR count). The molecule has 0 bridgehead atoms. The van der Waals surface area contributed by atoms with Crippen LogP contribution in [0.5, 0.6) is 0 Å². The van der Waals surface area contributed by atoms with Crippen molar-refractivity contribution in [2.24, 2.45) is 0 Å². The van der Waals surface area contributed by atoms with E-state index in [1.54, 1.807) is 0 Å². The summed E-state index contributed by atoms with van der Waals surface area (Å²) in [6.07, 6.45) is 0. The molecule has 1 atom stereocenters. The van der Waals surface area contributed by atoms with Crippen molar-refractivity contribution in [3.8, 4) is 0 Å². The van der Waals surface area contributed by atoms with Crippen molar-refractivity contribution in [1.29, 1.82) is 0 Å². The van der Waals surface area contributed by atoms with Crippen molar-refractivity contribution in [1.82, 2.24) is 0 Å². The Morgan fingerprint density at radius 3 is 1.75 bits per heavy atom. The first kappa shape index (κ1) is 8.82. The van der Waals surface area contributed by atoms with Crippen LogP contribution in [0.2, 0.25) is 0 Å². The van der Waals surface area contributed by atoms with Gasteiger partial charge in [-0.3, -0.25) is 0 Å². The van der Waals surface area contributed by atoms with Crippen LogP contribution in [0.3, 0.4) is 0 Å². The molecule has 26 valence electrons. The van der Waals surface area contributed by atoms with E-state index >= 15 is 0 Å². The minimum Gasteiger partial charge on any atom is -0.162 e. The highest BCUT2D eigenvalue weighted by Gasteiger charge is 1.45. The molecule has 0 fully saturated rings. The molecule has 0 amide bonds. The monoisotopic (exact) mass is 145 g/mol. The molecule has 2 nitrogen and oxygen atoms in total. The molecule has 4 heavy (non-hydrogen) atoms. The Bertz CT molecular complexity index is 13.5. The second-order valence-corrected chi connectivity index (χ2v) is 0.274. The van der Waals surface area contributed by atoms with Crippen molar-refractivity contribution >= 4 is 25.7 Å². The summed E-state index contributed by atoms with van der Waals surface area (Å²) in [6.45, 7) is 0. The van der Waals surface area contributed by atoms with Crippen molar-refractivity contribution in [3.63, 3.8) is 0 Å². The van der Waals surface area contributed by atoms with Gasteiger partial charge < -0.3 is 0 Å². The Kier molecular flexibility index (Phi) is 21.2. The lowest BCUT2D eigenvalue weighted by Gasteiger charge is -1.08. The third-order valence-corrected chi connectivity index (χ3v) is 0. The van der Waals surface area contributed by atoms with Gasteiger partial charge in [-0.05, 0) is 4.57 Å². The average Bonchev–Trinajstić information content (AvgIpc) is 0.918. The van der Waals surface area contributed by atoms with E-state index < -0.39 is 8.69 Å². The summed E-state index contributed by atoms with van der Waals surface area (Å²) in [4.78, 5) is 7.04. The summed E-state index contributed by atoms with van der Waals surface area (Å²) in [5.41, 5.74) is 0. The van der Waals surface area contributed by atoms with Gasteiger partial charge in [-0.1, -0.05) is 0 Å². The number of rotatable bonds is 0. The third kappa shape index (κ3) is 20.7. The van der Waals surface area contributed by atoms with Crippen LogP contribution in [0.15, 0.2) is 0 Å². The second-order valence-electron chi connectivity index (χ2n) is 0.0913. The second kappa shape index (κ2) is 9.63. The molecule has 0 aliphatic carbocycles. The molecular weight excluding hydrogens is 143 g/mol. The largest absolute Gasteiger partial charge is 0.491 e. The quantitative estimate of drug-likeness (QED) is 0.505. The van der Waals surface area contributed by atoms with E-state index in [0.717, 1.165) is 0 Å². The van der Waals surface area contributed by atoms with Crippen LogP contribution in [0.25, 0.3) is 0 Å². The predicted octanol–water partition coefficient (Wildman–Crippen LogP) is 0.496. The molecule has 0 saturated heterocycles. The first-order valence-electron chi connectivity index (χ1n) is 0.428. The van der Waals surface area contributed by atoms with Gasteiger partial charge in [-0.25, -0.2) is 0 Å². The summed E-state index contributed by atoms with van der Waals surface area (Å²) in [5, 5.41) is 0. The maximum Gasteiger partial charge on any atom is 0.491 e. The van der Waals surface area contributed by atoms with Crippen molar-refractivity contribution in [3.05, 3.63) is 0 Å². The zero-order chi connectivity index (χ0) is 2.71. The van der Waals surface area contributed by atoms with Crippen molar-refractivity contribution < 1.29 is 9.46 Å². The Morgan fingerprint density at radius 2 is 1.75 bits per heavy atom. The minimum atomic E-state index is -1.17. The van der Waals surface area contributed by atoms with Crippen molar-refractivity contribution in [2.75, 3.05) is 0 Å². The standard InChI is InChI=1S/BrH.HO2P/c;1-3-2/h1H;3H/p+1. The Balaban J connectivity index is 0. The van der Waals surface area contributed by atoms with Crippen LogP contribution < -0.4 is 0 Å². The molecule has 0 radical (unpaired) electrons. The Morgan fingerprint density at radius 1 is 1.75 bits per heavy atom. The molecule has 0 heterocycles. The molecule has 0 aliphatic heterocycles. The molecule has 0 spiro atoms. The van der Waals surface area contributed by atoms with Crippen LogP contribution in [-0.4, -0.2) is 4.89 Å². The van der Waals surface area contributed by atoms with E-state index in [2.05, 4.69) is 0 Å². The van der Waals surface area contributed by atoms with Crippen LogP contribution >= 0.6 is 25.7 Å². The summed E-state index contributed by atoms with van der Waals surface area (Å²) < 4.78 is 8.51. The van der Waals surface area contributed by atoms with Gasteiger partial charge in [0.05, 0.1) is 0 Å². The molecule has 0 saturated carbocycles. The molecule has 1 N–H and O–H groups in total. The van der Waals surface area contributed by atoms with E-state index in [4.69, 9.17) is 9.46 Å². The Hall–Kier alpha value is 0.540. The van der Waals surface area contributed by atoms with Gasteiger partial charge in [0.25, 0.3) is 0 Å². The van der Waals surface area contributed by atoms with Gasteiger partial charge in [0.2, 0.25) is 0 Å². The van der Waals surface area contributed by atoms with Gasteiger partial charge in [-0.2, -0.15) is 4.89 Å². The van der Waals surface area contributed by atoms with Gasteiger partial charge in [0, 0.05) is 0 Å². The lowest BCUT2D eigenvalue weighted by atomic mass is 15.9. The molecule has 4 heteroatoms. The van der Waals surface area contributed by atoms with Gasteiger partial charge in [0.15, 0.2) is 0 Å². The fraction of sp³-hybridized carbons (Fsp3) is 0. The van der Waals surface area contributed by atoms with E-state index in [-0.39, 0.29) is 17.0 Å². The maximum atomic E-state index is 8.51. The minimum absolute atomic E-state index is 0. The molecule has 0 aromatic rings. The normalized spacial score (nSPS) is 5.25. The van der Waals surface area contributed by atoms with Gasteiger partial charge in [0.1, 0.15) is 0 Å². The molecule has 0 aromatic heterocycles. The maximum absolute atomic E-state index is 8.51. The summed E-state index contributed by atoms with van der Waals surface area (Å²) >= 11 is 0. The summed E-state index contributed by atoms with van der Waals surface area (Å²) in [5.74, 6) is 0. The summed E-state index contributed by atoms with van der Waals surface area (Å²) in [6, 6.07) is 0. The lowest BCUT2D eigenvalue weighted by Crippen LogP contribution is -1.03. The zero-order valence-electron chi connectivity index (χ0n) is 1.76. The molecule has 0 aliphatic rings. The highest BCUT2D eigenvalue weighted by atomic mass is 79.9.